The highest BCUT2D eigenvalue weighted by Gasteiger charge is 2.22. The predicted octanol–water partition coefficient (Wildman–Crippen LogP) is 15.0. The van der Waals surface area contributed by atoms with E-state index < -0.39 is 0 Å². The fourth-order valence-corrected chi connectivity index (χ4v) is 9.39. The molecule has 0 aliphatic carbocycles. The van der Waals surface area contributed by atoms with Crippen molar-refractivity contribution < 1.29 is 0 Å². The highest BCUT2D eigenvalue weighted by molar-refractivity contribution is 6.14. The van der Waals surface area contributed by atoms with Gasteiger partial charge in [-0.2, -0.15) is 0 Å². The van der Waals surface area contributed by atoms with E-state index in [0.717, 1.165) is 44.6 Å². The molecule has 0 N–H and O–H groups in total. The molecule has 0 amide bonds. The summed E-state index contributed by atoms with van der Waals surface area (Å²) >= 11 is 0. The fourth-order valence-electron chi connectivity index (χ4n) is 9.39. The van der Waals surface area contributed by atoms with Crippen LogP contribution in [0.2, 0.25) is 0 Å². The molecule has 12 aromatic rings. The Morgan fingerprint density at radius 1 is 0.258 bits per heavy atom. The predicted molar refractivity (Wildman–Crippen MR) is 258 cm³/mol. The van der Waals surface area contributed by atoms with Crippen LogP contribution in [0.25, 0.3) is 111 Å². The van der Waals surface area contributed by atoms with Gasteiger partial charge in [-0.1, -0.05) is 146 Å². The second kappa shape index (κ2) is 14.7. The molecule has 0 saturated carbocycles. The van der Waals surface area contributed by atoms with E-state index in [1.165, 1.54) is 66.1 Å². The van der Waals surface area contributed by atoms with E-state index in [1.807, 2.05) is 24.8 Å². The number of hydrogen-bond donors (Lipinski definition) is 0. The molecule has 4 aromatic heterocycles. The van der Waals surface area contributed by atoms with Crippen LogP contribution in [-0.4, -0.2) is 19.1 Å². The van der Waals surface area contributed by atoms with Crippen molar-refractivity contribution in [3.8, 4) is 67.0 Å². The van der Waals surface area contributed by atoms with E-state index in [-0.39, 0.29) is 0 Å². The quantitative estimate of drug-likeness (QED) is 0.161. The van der Waals surface area contributed by atoms with Crippen LogP contribution in [0.15, 0.2) is 231 Å². The minimum atomic E-state index is 0.991. The van der Waals surface area contributed by atoms with Crippen LogP contribution in [0.1, 0.15) is 0 Å². The van der Waals surface area contributed by atoms with Crippen molar-refractivity contribution in [1.82, 2.24) is 19.1 Å². The lowest BCUT2D eigenvalue weighted by Crippen LogP contribution is -2.02. The zero-order valence-corrected chi connectivity index (χ0v) is 33.7. The summed E-state index contributed by atoms with van der Waals surface area (Å²) in [6.45, 7) is 0. The third kappa shape index (κ3) is 5.92. The van der Waals surface area contributed by atoms with Crippen molar-refractivity contribution in [2.24, 2.45) is 0 Å². The normalized spacial score (nSPS) is 11.5. The smallest absolute Gasteiger partial charge is 0.0572 e. The first-order chi connectivity index (χ1) is 30.8. The summed E-state index contributed by atoms with van der Waals surface area (Å²) < 4.78 is 4.82. The lowest BCUT2D eigenvalue weighted by Gasteiger charge is -2.18. The number of benzene rings is 8. The number of fused-ring (bicyclic) bond motifs is 6. The van der Waals surface area contributed by atoms with Crippen molar-refractivity contribution >= 4 is 43.6 Å². The van der Waals surface area contributed by atoms with Gasteiger partial charge in [0.2, 0.25) is 0 Å². The summed E-state index contributed by atoms with van der Waals surface area (Å²) in [5.74, 6) is 0. The Bertz CT molecular complexity index is 3170. The molecule has 0 saturated heterocycles. The number of hydrogen-bond acceptors (Lipinski definition) is 2. The van der Waals surface area contributed by atoms with Gasteiger partial charge in [0.25, 0.3) is 0 Å². The number of rotatable bonds is 7. The van der Waals surface area contributed by atoms with Crippen molar-refractivity contribution in [3.05, 3.63) is 231 Å². The SMILES string of the molecule is c1ccc(-c2ccc3c(c2)c2cc(-c4ccccc4)ccc2n3-c2ccncc2-c2cnccc2-n2c3ccc(-c4ccccc4)cc3c3cc(-c4ccccc4)ccc32)cc1. The number of nitrogens with zero attached hydrogens (tertiary/aromatic N) is 4. The van der Waals surface area contributed by atoms with Crippen molar-refractivity contribution in [1.29, 1.82) is 0 Å². The van der Waals surface area contributed by atoms with E-state index in [9.17, 15) is 0 Å². The maximum absolute atomic E-state index is 4.79. The van der Waals surface area contributed by atoms with Crippen LogP contribution >= 0.6 is 0 Å². The Balaban J connectivity index is 1.10. The first-order valence-electron chi connectivity index (χ1n) is 21.0. The molecule has 0 aliphatic rings. The minimum absolute atomic E-state index is 0.991. The van der Waals surface area contributed by atoms with Gasteiger partial charge >= 0.3 is 0 Å². The zero-order valence-electron chi connectivity index (χ0n) is 33.7. The third-order valence-electron chi connectivity index (χ3n) is 12.3. The Kier molecular flexibility index (Phi) is 8.46. The monoisotopic (exact) mass is 790 g/mol. The van der Waals surface area contributed by atoms with E-state index in [2.05, 4.69) is 215 Å². The van der Waals surface area contributed by atoms with Gasteiger partial charge in [-0.25, -0.2) is 0 Å². The summed E-state index contributed by atoms with van der Waals surface area (Å²) in [6, 6.07) is 74.3. The summed E-state index contributed by atoms with van der Waals surface area (Å²) in [7, 11) is 0. The van der Waals surface area contributed by atoms with Crippen molar-refractivity contribution in [2.75, 3.05) is 0 Å². The molecule has 0 fully saturated rings. The molecule has 4 nitrogen and oxygen atoms in total. The molecule has 8 aromatic carbocycles. The molecule has 0 radical (unpaired) electrons. The molecular formula is C58H38N4. The van der Waals surface area contributed by atoms with Crippen LogP contribution in [-0.2, 0) is 0 Å². The Morgan fingerprint density at radius 2 is 0.532 bits per heavy atom. The molecule has 62 heavy (non-hydrogen) atoms. The molecule has 0 bridgehead atoms. The standard InChI is InChI=1S/C58H38N4/c1-5-13-39(14-6-1)43-21-25-53-47(33-43)48-34-44(40-15-7-2-8-16-40)22-26-54(48)61(53)57-29-31-59-37-51(57)52-38-60-32-30-58(52)62-55-27-23-45(41-17-9-3-10-18-41)35-49(55)50-36-46(24-28-56(50)62)42-19-11-4-12-20-42/h1-38H. The minimum Gasteiger partial charge on any atom is -0.309 e. The molecule has 0 spiro atoms. The molecule has 4 heteroatoms. The Labute approximate surface area is 359 Å². The van der Waals surface area contributed by atoms with E-state index in [4.69, 9.17) is 9.97 Å². The van der Waals surface area contributed by atoms with Gasteiger partial charge in [-0.3, -0.25) is 9.97 Å². The summed E-state index contributed by atoms with van der Waals surface area (Å²) in [5, 5.41) is 4.77. The van der Waals surface area contributed by atoms with Crippen molar-refractivity contribution in [3.63, 3.8) is 0 Å². The lowest BCUT2D eigenvalue weighted by molar-refractivity contribution is 1.13. The van der Waals surface area contributed by atoms with Crippen LogP contribution in [0.3, 0.4) is 0 Å². The number of aromatic nitrogens is 4. The Morgan fingerprint density at radius 3 is 0.806 bits per heavy atom. The second-order valence-electron chi connectivity index (χ2n) is 15.8. The van der Waals surface area contributed by atoms with Gasteiger partial charge in [0.15, 0.2) is 0 Å². The second-order valence-corrected chi connectivity index (χ2v) is 15.8. The number of pyridine rings is 2. The lowest BCUT2D eigenvalue weighted by atomic mass is 10.0. The largest absolute Gasteiger partial charge is 0.309 e. The maximum Gasteiger partial charge on any atom is 0.0572 e. The highest BCUT2D eigenvalue weighted by atomic mass is 15.0. The van der Waals surface area contributed by atoms with Crippen LogP contribution < -0.4 is 0 Å². The topological polar surface area (TPSA) is 35.6 Å². The first-order valence-corrected chi connectivity index (χ1v) is 21.0. The van der Waals surface area contributed by atoms with Gasteiger partial charge in [0.1, 0.15) is 0 Å². The van der Waals surface area contributed by atoms with E-state index in [1.54, 1.807) is 0 Å². The van der Waals surface area contributed by atoms with Gasteiger partial charge in [-0.05, 0) is 105 Å². The molecule has 0 atom stereocenters. The van der Waals surface area contributed by atoms with Crippen LogP contribution in [0, 0.1) is 0 Å². The maximum atomic E-state index is 4.79. The van der Waals surface area contributed by atoms with Gasteiger partial charge in [0.05, 0.1) is 33.4 Å². The fraction of sp³-hybridized carbons (Fsp3) is 0. The van der Waals surface area contributed by atoms with Crippen LogP contribution in [0.4, 0.5) is 0 Å². The van der Waals surface area contributed by atoms with Gasteiger partial charge in [-0.15, -0.1) is 0 Å². The van der Waals surface area contributed by atoms with Crippen LogP contribution in [0.5, 0.6) is 0 Å². The van der Waals surface area contributed by atoms with E-state index in [0.29, 0.717) is 0 Å². The van der Waals surface area contributed by atoms with E-state index >= 15 is 0 Å². The molecule has 12 rings (SSSR count). The summed E-state index contributed by atoms with van der Waals surface area (Å²) in [4.78, 5) is 9.57. The van der Waals surface area contributed by atoms with Gasteiger partial charge < -0.3 is 9.13 Å². The average Bonchev–Trinajstić information content (AvgIpc) is 3.86. The van der Waals surface area contributed by atoms with Crippen molar-refractivity contribution in [2.45, 2.75) is 0 Å². The molecular weight excluding hydrogens is 753 g/mol. The first kappa shape index (κ1) is 35.6. The molecule has 4 heterocycles. The average molecular weight is 791 g/mol. The third-order valence-corrected chi connectivity index (χ3v) is 12.3. The Hall–Kier alpha value is -8.34. The van der Waals surface area contributed by atoms with Gasteiger partial charge in [0, 0.05) is 57.5 Å². The summed E-state index contributed by atoms with van der Waals surface area (Å²) in [6.07, 6.45) is 7.80. The summed E-state index contributed by atoms with van der Waals surface area (Å²) in [5.41, 5.74) is 18.1. The highest BCUT2D eigenvalue weighted by Crippen LogP contribution is 2.43. The molecule has 290 valence electrons. The zero-order chi connectivity index (χ0) is 41.0. The molecule has 0 aliphatic heterocycles. The molecule has 0 unspecified atom stereocenters.